The summed E-state index contributed by atoms with van der Waals surface area (Å²) in [4.78, 5) is 11.5. The number of aliphatic hydroxyl groups excluding tert-OH is 1. The van der Waals surface area contributed by atoms with Gasteiger partial charge in [0.2, 0.25) is 0 Å². The molecular weight excluding hydrogens is 300 g/mol. The maximum atomic E-state index is 11.5. The van der Waals surface area contributed by atoms with Gasteiger partial charge >= 0.3 is 5.97 Å². The molecule has 2 aromatic rings. The van der Waals surface area contributed by atoms with Crippen LogP contribution in [0, 0.1) is 5.92 Å². The third-order valence-corrected chi connectivity index (χ3v) is 4.41. The number of rotatable bonds is 6. The molecule has 24 heavy (non-hydrogen) atoms. The molecule has 0 heterocycles. The normalized spacial score (nSPS) is 16.8. The topological polar surface area (TPSA) is 46.5 Å². The number of carbonyl (C=O) groups is 1. The molecule has 0 amide bonds. The second-order valence-electron chi connectivity index (χ2n) is 6.22. The van der Waals surface area contributed by atoms with Crippen molar-refractivity contribution in [3.05, 3.63) is 83.4 Å². The van der Waals surface area contributed by atoms with Crippen LogP contribution in [0.4, 0.5) is 0 Å². The molecule has 0 spiro atoms. The lowest BCUT2D eigenvalue weighted by Gasteiger charge is -2.21. The van der Waals surface area contributed by atoms with Crippen LogP contribution in [0.1, 0.15) is 46.3 Å². The Hall–Kier alpha value is -2.39. The standard InChI is InChI=1S/C21H22O3/c1-24-21(23)18-12-10-17(11-13-18)20(22)19(14-9-15-7-8-15)16-5-3-2-4-6-16/h2-6,9-15,19-20,22H,7-8H2,1H3/b14-9+. The number of methoxy groups -OCH3 is 1. The lowest BCUT2D eigenvalue weighted by Crippen LogP contribution is -2.10. The fourth-order valence-corrected chi connectivity index (χ4v) is 2.78. The van der Waals surface area contributed by atoms with Gasteiger partial charge in [-0.3, -0.25) is 0 Å². The monoisotopic (exact) mass is 322 g/mol. The number of hydrogen-bond donors (Lipinski definition) is 1. The number of esters is 1. The molecule has 1 aliphatic carbocycles. The van der Waals surface area contributed by atoms with Gasteiger partial charge in [-0.05, 0) is 42.0 Å². The van der Waals surface area contributed by atoms with Gasteiger partial charge in [0.05, 0.1) is 18.8 Å². The first-order valence-corrected chi connectivity index (χ1v) is 8.28. The molecule has 3 heteroatoms. The van der Waals surface area contributed by atoms with E-state index in [1.807, 2.05) is 30.3 Å². The fraction of sp³-hybridized carbons (Fsp3) is 0.286. The highest BCUT2D eigenvalue weighted by molar-refractivity contribution is 5.89. The predicted molar refractivity (Wildman–Crippen MR) is 93.8 cm³/mol. The lowest BCUT2D eigenvalue weighted by molar-refractivity contribution is 0.0600. The van der Waals surface area contributed by atoms with Crippen molar-refractivity contribution in [3.8, 4) is 0 Å². The fourth-order valence-electron chi connectivity index (χ4n) is 2.78. The molecule has 3 nitrogen and oxygen atoms in total. The number of carbonyl (C=O) groups excluding carboxylic acids is 1. The van der Waals surface area contributed by atoms with Crippen LogP contribution in [-0.2, 0) is 4.74 Å². The van der Waals surface area contributed by atoms with E-state index in [4.69, 9.17) is 4.74 Å². The van der Waals surface area contributed by atoms with E-state index in [1.54, 1.807) is 24.3 Å². The zero-order valence-corrected chi connectivity index (χ0v) is 13.8. The molecule has 1 fully saturated rings. The van der Waals surface area contributed by atoms with Crippen LogP contribution in [0.15, 0.2) is 66.7 Å². The minimum Gasteiger partial charge on any atom is -0.465 e. The molecule has 0 aliphatic heterocycles. The summed E-state index contributed by atoms with van der Waals surface area (Å²) >= 11 is 0. The highest BCUT2D eigenvalue weighted by Gasteiger charge is 2.23. The van der Waals surface area contributed by atoms with E-state index in [1.165, 1.54) is 20.0 Å². The second kappa shape index (κ2) is 7.45. The average molecular weight is 322 g/mol. The minimum atomic E-state index is -0.658. The van der Waals surface area contributed by atoms with Crippen molar-refractivity contribution in [2.75, 3.05) is 7.11 Å². The summed E-state index contributed by atoms with van der Waals surface area (Å²) in [5.41, 5.74) is 2.36. The second-order valence-corrected chi connectivity index (χ2v) is 6.22. The Morgan fingerprint density at radius 2 is 1.75 bits per heavy atom. The van der Waals surface area contributed by atoms with Gasteiger partial charge in [-0.1, -0.05) is 54.6 Å². The highest BCUT2D eigenvalue weighted by Crippen LogP contribution is 2.36. The van der Waals surface area contributed by atoms with Crippen molar-refractivity contribution in [2.24, 2.45) is 5.92 Å². The summed E-state index contributed by atoms with van der Waals surface area (Å²) in [6, 6.07) is 17.0. The summed E-state index contributed by atoms with van der Waals surface area (Å²) < 4.78 is 4.71. The SMILES string of the molecule is COC(=O)c1ccc(C(O)C(/C=C/C2CC2)c2ccccc2)cc1. The minimum absolute atomic E-state index is 0.101. The molecule has 1 aliphatic rings. The summed E-state index contributed by atoms with van der Waals surface area (Å²) in [6.45, 7) is 0. The Morgan fingerprint density at radius 1 is 1.08 bits per heavy atom. The van der Waals surface area contributed by atoms with Crippen LogP contribution < -0.4 is 0 Å². The zero-order valence-electron chi connectivity index (χ0n) is 13.8. The van der Waals surface area contributed by atoms with Gasteiger partial charge in [-0.15, -0.1) is 0 Å². The average Bonchev–Trinajstić information content (AvgIpc) is 3.46. The van der Waals surface area contributed by atoms with E-state index < -0.39 is 6.10 Å². The Bertz CT molecular complexity index is 700. The van der Waals surface area contributed by atoms with Crippen molar-refractivity contribution >= 4 is 5.97 Å². The summed E-state index contributed by atoms with van der Waals surface area (Å²) in [5.74, 6) is 0.185. The van der Waals surface area contributed by atoms with E-state index in [9.17, 15) is 9.90 Å². The van der Waals surface area contributed by atoms with E-state index in [0.29, 0.717) is 11.5 Å². The van der Waals surface area contributed by atoms with Gasteiger partial charge in [-0.25, -0.2) is 4.79 Å². The van der Waals surface area contributed by atoms with Crippen LogP contribution in [0.5, 0.6) is 0 Å². The van der Waals surface area contributed by atoms with Gasteiger partial charge in [0, 0.05) is 5.92 Å². The summed E-state index contributed by atoms with van der Waals surface area (Å²) in [5, 5.41) is 10.9. The number of ether oxygens (including phenoxy) is 1. The van der Waals surface area contributed by atoms with E-state index >= 15 is 0 Å². The Labute approximate surface area is 142 Å². The number of hydrogen-bond acceptors (Lipinski definition) is 3. The third-order valence-electron chi connectivity index (χ3n) is 4.41. The first kappa shape index (κ1) is 16.5. The molecule has 2 atom stereocenters. The van der Waals surface area contributed by atoms with Crippen molar-refractivity contribution < 1.29 is 14.6 Å². The van der Waals surface area contributed by atoms with Gasteiger partial charge < -0.3 is 9.84 Å². The predicted octanol–water partition coefficient (Wildman–Crippen LogP) is 4.26. The Kier molecular flexibility index (Phi) is 5.11. The molecule has 1 saturated carbocycles. The molecule has 2 unspecified atom stereocenters. The maximum absolute atomic E-state index is 11.5. The Balaban J connectivity index is 1.84. The summed E-state index contributed by atoms with van der Waals surface area (Å²) in [7, 11) is 1.36. The summed E-state index contributed by atoms with van der Waals surface area (Å²) in [6.07, 6.45) is 6.15. The molecule has 124 valence electrons. The van der Waals surface area contributed by atoms with Gasteiger partial charge in [0.25, 0.3) is 0 Å². The number of allylic oxidation sites excluding steroid dienone is 1. The molecule has 3 rings (SSSR count). The van der Waals surface area contributed by atoms with Crippen molar-refractivity contribution in [3.63, 3.8) is 0 Å². The van der Waals surface area contributed by atoms with Gasteiger partial charge in [0.15, 0.2) is 0 Å². The largest absolute Gasteiger partial charge is 0.465 e. The van der Waals surface area contributed by atoms with Crippen LogP contribution in [0.3, 0.4) is 0 Å². The molecule has 0 radical (unpaired) electrons. The first-order valence-electron chi connectivity index (χ1n) is 8.28. The van der Waals surface area contributed by atoms with Crippen molar-refractivity contribution in [2.45, 2.75) is 24.9 Å². The zero-order chi connectivity index (χ0) is 16.9. The molecule has 0 bridgehead atoms. The number of benzene rings is 2. The Morgan fingerprint density at radius 3 is 2.33 bits per heavy atom. The van der Waals surface area contributed by atoms with Crippen LogP contribution in [-0.4, -0.2) is 18.2 Å². The van der Waals surface area contributed by atoms with Crippen LogP contribution >= 0.6 is 0 Å². The molecule has 0 aromatic heterocycles. The maximum Gasteiger partial charge on any atom is 0.337 e. The number of aliphatic hydroxyl groups is 1. The highest BCUT2D eigenvalue weighted by atomic mass is 16.5. The first-order chi connectivity index (χ1) is 11.7. The quantitative estimate of drug-likeness (QED) is 0.638. The molecule has 2 aromatic carbocycles. The molecule has 1 N–H and O–H groups in total. The van der Waals surface area contributed by atoms with Crippen molar-refractivity contribution in [1.29, 1.82) is 0 Å². The van der Waals surface area contributed by atoms with Crippen molar-refractivity contribution in [1.82, 2.24) is 0 Å². The van der Waals surface area contributed by atoms with E-state index in [2.05, 4.69) is 12.2 Å². The smallest absolute Gasteiger partial charge is 0.337 e. The van der Waals surface area contributed by atoms with Gasteiger partial charge in [-0.2, -0.15) is 0 Å². The van der Waals surface area contributed by atoms with E-state index in [0.717, 1.165) is 11.1 Å². The molecular formula is C21H22O3. The van der Waals surface area contributed by atoms with Crippen LogP contribution in [0.2, 0.25) is 0 Å². The lowest BCUT2D eigenvalue weighted by atomic mass is 9.88. The van der Waals surface area contributed by atoms with E-state index in [-0.39, 0.29) is 11.9 Å². The molecule has 0 saturated heterocycles. The van der Waals surface area contributed by atoms with Gasteiger partial charge in [0.1, 0.15) is 0 Å². The third kappa shape index (κ3) is 3.92. The van der Waals surface area contributed by atoms with Crippen LogP contribution in [0.25, 0.3) is 0 Å².